The summed E-state index contributed by atoms with van der Waals surface area (Å²) in [5.41, 5.74) is 0.883. The van der Waals surface area contributed by atoms with Gasteiger partial charge in [-0.25, -0.2) is 4.39 Å². The zero-order valence-corrected chi connectivity index (χ0v) is 11.8. The maximum Gasteiger partial charge on any atom is 0.226 e. The molecular weight excluding hydrogens is 261 g/mol. The van der Waals surface area contributed by atoms with Crippen LogP contribution in [0, 0.1) is 5.82 Å². The van der Waals surface area contributed by atoms with E-state index in [9.17, 15) is 4.39 Å². The van der Waals surface area contributed by atoms with Gasteiger partial charge in [0.25, 0.3) is 0 Å². The van der Waals surface area contributed by atoms with Crippen molar-refractivity contribution in [2.75, 3.05) is 7.05 Å². The molecule has 1 N–H and O–H groups in total. The molecule has 0 saturated carbocycles. The summed E-state index contributed by atoms with van der Waals surface area (Å²) >= 11 is 0. The van der Waals surface area contributed by atoms with Gasteiger partial charge in [0.2, 0.25) is 11.7 Å². The molecule has 0 saturated heterocycles. The predicted molar refractivity (Wildman–Crippen MR) is 71.9 cm³/mol. The zero-order valence-electron chi connectivity index (χ0n) is 11.8. The van der Waals surface area contributed by atoms with Crippen molar-refractivity contribution in [3.63, 3.8) is 0 Å². The Morgan fingerprint density at radius 2 is 2.25 bits per heavy atom. The third kappa shape index (κ3) is 3.33. The maximum atomic E-state index is 13.3. The molecule has 0 aliphatic heterocycles. The molecule has 2 aromatic rings. The summed E-state index contributed by atoms with van der Waals surface area (Å²) in [7, 11) is 1.84. The van der Waals surface area contributed by atoms with Gasteiger partial charge in [0, 0.05) is 24.1 Å². The van der Waals surface area contributed by atoms with Gasteiger partial charge in [-0.15, -0.1) is 0 Å². The second-order valence-electron chi connectivity index (χ2n) is 4.44. The lowest BCUT2D eigenvalue weighted by Gasteiger charge is -2.15. The van der Waals surface area contributed by atoms with Crippen molar-refractivity contribution in [1.82, 2.24) is 15.5 Å². The summed E-state index contributed by atoms with van der Waals surface area (Å²) in [6.45, 7) is 4.05. The van der Waals surface area contributed by atoms with Gasteiger partial charge in [-0.1, -0.05) is 18.1 Å². The second kappa shape index (κ2) is 6.47. The van der Waals surface area contributed by atoms with E-state index < -0.39 is 0 Å². The summed E-state index contributed by atoms with van der Waals surface area (Å²) < 4.78 is 24.0. The summed E-state index contributed by atoms with van der Waals surface area (Å²) in [4.78, 5) is 4.15. The fourth-order valence-electron chi connectivity index (χ4n) is 1.78. The standard InChI is InChI=1S/C14H18FN3O2/c1-4-14-17-13(18-20-14)8-19-12-7-10(15)5-6-11(12)9(2)16-3/h5-7,9,16H,4,8H2,1-3H3. The Morgan fingerprint density at radius 3 is 2.90 bits per heavy atom. The number of ether oxygens (including phenoxy) is 1. The molecule has 1 heterocycles. The highest BCUT2D eigenvalue weighted by molar-refractivity contribution is 5.36. The van der Waals surface area contributed by atoms with Crippen molar-refractivity contribution < 1.29 is 13.7 Å². The fourth-order valence-corrected chi connectivity index (χ4v) is 1.78. The minimum absolute atomic E-state index is 0.0575. The molecule has 1 atom stereocenters. The first-order valence-corrected chi connectivity index (χ1v) is 6.55. The number of nitrogens with one attached hydrogen (secondary N) is 1. The highest BCUT2D eigenvalue weighted by Crippen LogP contribution is 2.26. The molecule has 5 nitrogen and oxygen atoms in total. The molecule has 0 amide bonds. The minimum Gasteiger partial charge on any atom is -0.485 e. The lowest BCUT2D eigenvalue weighted by Crippen LogP contribution is -2.14. The molecule has 20 heavy (non-hydrogen) atoms. The number of rotatable bonds is 6. The molecule has 0 bridgehead atoms. The Balaban J connectivity index is 2.13. The van der Waals surface area contributed by atoms with Gasteiger partial charge in [-0.2, -0.15) is 4.98 Å². The summed E-state index contributed by atoms with van der Waals surface area (Å²) in [6, 6.07) is 4.55. The Morgan fingerprint density at radius 1 is 1.45 bits per heavy atom. The third-order valence-electron chi connectivity index (χ3n) is 3.04. The van der Waals surface area contributed by atoms with E-state index in [1.165, 1.54) is 12.1 Å². The van der Waals surface area contributed by atoms with E-state index >= 15 is 0 Å². The van der Waals surface area contributed by atoms with Gasteiger partial charge in [-0.05, 0) is 20.0 Å². The minimum atomic E-state index is -0.339. The van der Waals surface area contributed by atoms with Crippen LogP contribution in [0.5, 0.6) is 5.75 Å². The average Bonchev–Trinajstić information content (AvgIpc) is 2.92. The number of aryl methyl sites for hydroxylation is 1. The third-order valence-corrected chi connectivity index (χ3v) is 3.04. The van der Waals surface area contributed by atoms with Crippen LogP contribution in [-0.4, -0.2) is 17.2 Å². The molecule has 1 aromatic heterocycles. The second-order valence-corrected chi connectivity index (χ2v) is 4.44. The van der Waals surface area contributed by atoms with Gasteiger partial charge >= 0.3 is 0 Å². The molecule has 0 radical (unpaired) electrons. The number of nitrogens with zero attached hydrogens (tertiary/aromatic N) is 2. The summed E-state index contributed by atoms with van der Waals surface area (Å²) in [5, 5.41) is 6.90. The van der Waals surface area contributed by atoms with Crippen molar-refractivity contribution in [2.45, 2.75) is 32.9 Å². The smallest absolute Gasteiger partial charge is 0.226 e. The predicted octanol–water partition coefficient (Wildman–Crippen LogP) is 2.63. The summed E-state index contributed by atoms with van der Waals surface area (Å²) in [5.74, 6) is 1.16. The highest BCUT2D eigenvalue weighted by Gasteiger charge is 2.13. The molecule has 0 spiro atoms. The van der Waals surface area contributed by atoms with Crippen molar-refractivity contribution in [2.24, 2.45) is 0 Å². The molecule has 1 unspecified atom stereocenters. The van der Waals surface area contributed by atoms with Crippen LogP contribution in [0.4, 0.5) is 4.39 Å². The molecular formula is C14H18FN3O2. The average molecular weight is 279 g/mol. The van der Waals surface area contributed by atoms with Crippen LogP contribution >= 0.6 is 0 Å². The van der Waals surface area contributed by atoms with E-state index in [2.05, 4.69) is 15.5 Å². The van der Waals surface area contributed by atoms with Crippen LogP contribution in [0.3, 0.4) is 0 Å². The van der Waals surface area contributed by atoms with E-state index in [0.29, 0.717) is 23.9 Å². The van der Waals surface area contributed by atoms with Gasteiger partial charge in [0.1, 0.15) is 11.6 Å². The van der Waals surface area contributed by atoms with Crippen LogP contribution in [0.1, 0.15) is 37.2 Å². The zero-order chi connectivity index (χ0) is 14.5. The van der Waals surface area contributed by atoms with Gasteiger partial charge in [-0.3, -0.25) is 0 Å². The number of hydrogen-bond acceptors (Lipinski definition) is 5. The van der Waals surface area contributed by atoms with Crippen molar-refractivity contribution >= 4 is 0 Å². The molecule has 0 aliphatic rings. The van der Waals surface area contributed by atoms with Crippen molar-refractivity contribution in [1.29, 1.82) is 0 Å². The van der Waals surface area contributed by atoms with E-state index in [1.807, 2.05) is 20.9 Å². The van der Waals surface area contributed by atoms with Gasteiger partial charge in [0.05, 0.1) is 0 Å². The monoisotopic (exact) mass is 279 g/mol. The Labute approximate surface area is 117 Å². The normalized spacial score (nSPS) is 12.4. The van der Waals surface area contributed by atoms with Crippen LogP contribution in [0.25, 0.3) is 0 Å². The van der Waals surface area contributed by atoms with Crippen LogP contribution < -0.4 is 10.1 Å². The topological polar surface area (TPSA) is 60.2 Å². The van der Waals surface area contributed by atoms with E-state index in [0.717, 1.165) is 5.56 Å². The number of hydrogen-bond donors (Lipinski definition) is 1. The van der Waals surface area contributed by atoms with E-state index in [1.54, 1.807) is 6.07 Å². The number of aromatic nitrogens is 2. The van der Waals surface area contributed by atoms with Crippen molar-refractivity contribution in [3.8, 4) is 5.75 Å². The number of halogens is 1. The molecule has 1 aromatic carbocycles. The first-order chi connectivity index (χ1) is 9.63. The highest BCUT2D eigenvalue weighted by atomic mass is 19.1. The van der Waals surface area contributed by atoms with Crippen LogP contribution in [-0.2, 0) is 13.0 Å². The summed E-state index contributed by atoms with van der Waals surface area (Å²) in [6.07, 6.45) is 0.676. The lowest BCUT2D eigenvalue weighted by molar-refractivity contribution is 0.279. The molecule has 6 heteroatoms. The first kappa shape index (κ1) is 14.5. The van der Waals surface area contributed by atoms with Gasteiger partial charge in [0.15, 0.2) is 6.61 Å². The fraction of sp³-hybridized carbons (Fsp3) is 0.429. The molecule has 2 rings (SSSR count). The molecule has 0 aliphatic carbocycles. The van der Waals surface area contributed by atoms with Crippen molar-refractivity contribution in [3.05, 3.63) is 41.3 Å². The Kier molecular flexibility index (Phi) is 4.68. The SMILES string of the molecule is CCc1nc(COc2cc(F)ccc2C(C)NC)no1. The van der Waals surface area contributed by atoms with Crippen LogP contribution in [0.15, 0.2) is 22.7 Å². The number of benzene rings is 1. The van der Waals surface area contributed by atoms with Gasteiger partial charge < -0.3 is 14.6 Å². The lowest BCUT2D eigenvalue weighted by atomic mass is 10.1. The molecule has 108 valence electrons. The van der Waals surface area contributed by atoms with Crippen LogP contribution in [0.2, 0.25) is 0 Å². The quantitative estimate of drug-likeness (QED) is 0.880. The van der Waals surface area contributed by atoms with E-state index in [4.69, 9.17) is 9.26 Å². The largest absolute Gasteiger partial charge is 0.485 e. The first-order valence-electron chi connectivity index (χ1n) is 6.55. The maximum absolute atomic E-state index is 13.3. The Hall–Kier alpha value is -1.95. The Bertz CT molecular complexity index is 571. The molecule has 0 fully saturated rings. The van der Waals surface area contributed by atoms with E-state index in [-0.39, 0.29) is 18.5 Å².